The van der Waals surface area contributed by atoms with Crippen LogP contribution in [-0.2, 0) is 4.74 Å². The average molecular weight is 262 g/mol. The van der Waals surface area contributed by atoms with E-state index in [9.17, 15) is 0 Å². The maximum atomic E-state index is 6.25. The van der Waals surface area contributed by atoms with E-state index in [1.807, 2.05) is 0 Å². The SMILES string of the molecule is CCC1OCC2C3CCC(C)CC3=CCC2C1CC. The van der Waals surface area contributed by atoms with Crippen molar-refractivity contribution in [3.05, 3.63) is 11.6 Å². The maximum Gasteiger partial charge on any atom is 0.0603 e. The van der Waals surface area contributed by atoms with Crippen LogP contribution in [-0.4, -0.2) is 12.7 Å². The Balaban J connectivity index is 1.81. The van der Waals surface area contributed by atoms with Crippen molar-refractivity contribution in [2.75, 3.05) is 6.61 Å². The first-order chi connectivity index (χ1) is 9.24. The predicted octanol–water partition coefficient (Wildman–Crippen LogP) is 4.82. The van der Waals surface area contributed by atoms with Crippen LogP contribution in [0.1, 0.15) is 59.3 Å². The van der Waals surface area contributed by atoms with E-state index in [-0.39, 0.29) is 0 Å². The van der Waals surface area contributed by atoms with Gasteiger partial charge in [-0.3, -0.25) is 0 Å². The fourth-order valence-electron chi connectivity index (χ4n) is 5.14. The second-order valence-electron chi connectivity index (χ2n) is 7.19. The molecule has 2 fully saturated rings. The lowest BCUT2D eigenvalue weighted by Gasteiger charge is -2.50. The van der Waals surface area contributed by atoms with Gasteiger partial charge in [-0.25, -0.2) is 0 Å². The topological polar surface area (TPSA) is 9.23 Å². The fraction of sp³-hybridized carbons (Fsp3) is 0.889. The molecule has 6 unspecified atom stereocenters. The molecule has 0 radical (unpaired) electrons. The van der Waals surface area contributed by atoms with E-state index in [0.29, 0.717) is 6.10 Å². The summed E-state index contributed by atoms with van der Waals surface area (Å²) < 4.78 is 6.25. The standard InChI is InChI=1S/C18H30O/c1-4-14-16-9-7-13-10-12(3)6-8-15(13)17(16)11-19-18(14)5-2/h7,12,14-18H,4-6,8-11H2,1-3H3. The van der Waals surface area contributed by atoms with Crippen molar-refractivity contribution in [3.63, 3.8) is 0 Å². The van der Waals surface area contributed by atoms with Crippen molar-refractivity contribution >= 4 is 0 Å². The van der Waals surface area contributed by atoms with Crippen LogP contribution in [0.15, 0.2) is 11.6 Å². The minimum Gasteiger partial charge on any atom is -0.378 e. The molecule has 1 heteroatoms. The van der Waals surface area contributed by atoms with Crippen LogP contribution in [0.4, 0.5) is 0 Å². The third kappa shape index (κ3) is 2.39. The average Bonchev–Trinajstić information content (AvgIpc) is 2.45. The van der Waals surface area contributed by atoms with Crippen LogP contribution in [0.25, 0.3) is 0 Å². The van der Waals surface area contributed by atoms with E-state index in [1.165, 1.54) is 38.5 Å². The van der Waals surface area contributed by atoms with Gasteiger partial charge in [0.25, 0.3) is 0 Å². The highest BCUT2D eigenvalue weighted by atomic mass is 16.5. The van der Waals surface area contributed by atoms with Crippen LogP contribution < -0.4 is 0 Å². The molecule has 0 spiro atoms. The molecule has 1 heterocycles. The Morgan fingerprint density at radius 2 is 2.00 bits per heavy atom. The first-order valence-corrected chi connectivity index (χ1v) is 8.55. The second-order valence-corrected chi connectivity index (χ2v) is 7.19. The summed E-state index contributed by atoms with van der Waals surface area (Å²) in [5.74, 6) is 4.32. The highest BCUT2D eigenvalue weighted by Crippen LogP contribution is 2.50. The Morgan fingerprint density at radius 1 is 1.16 bits per heavy atom. The number of ether oxygens (including phenoxy) is 1. The highest BCUT2D eigenvalue weighted by molar-refractivity contribution is 5.17. The minimum absolute atomic E-state index is 0.531. The smallest absolute Gasteiger partial charge is 0.0603 e. The van der Waals surface area contributed by atoms with Crippen molar-refractivity contribution in [2.24, 2.45) is 29.6 Å². The molecule has 0 aromatic carbocycles. The molecule has 0 aromatic rings. The zero-order valence-corrected chi connectivity index (χ0v) is 12.9. The molecule has 0 aromatic heterocycles. The lowest BCUT2D eigenvalue weighted by atomic mass is 9.60. The van der Waals surface area contributed by atoms with E-state index >= 15 is 0 Å². The Kier molecular flexibility index (Phi) is 4.03. The number of hydrogen-bond acceptors (Lipinski definition) is 1. The molecule has 108 valence electrons. The molecule has 1 aliphatic heterocycles. The molecule has 0 N–H and O–H groups in total. The van der Waals surface area contributed by atoms with Crippen LogP contribution in [0.2, 0.25) is 0 Å². The first kappa shape index (κ1) is 13.7. The fourth-order valence-corrected chi connectivity index (χ4v) is 5.14. The van der Waals surface area contributed by atoms with E-state index < -0.39 is 0 Å². The zero-order chi connectivity index (χ0) is 13.4. The van der Waals surface area contributed by atoms with Gasteiger partial charge in [-0.05, 0) is 61.7 Å². The van der Waals surface area contributed by atoms with Crippen molar-refractivity contribution < 1.29 is 4.74 Å². The molecule has 6 atom stereocenters. The zero-order valence-electron chi connectivity index (χ0n) is 12.9. The van der Waals surface area contributed by atoms with Crippen LogP contribution in [0.3, 0.4) is 0 Å². The molecule has 3 aliphatic rings. The number of hydrogen-bond donors (Lipinski definition) is 0. The Hall–Kier alpha value is -0.300. The van der Waals surface area contributed by atoms with Gasteiger partial charge in [0.15, 0.2) is 0 Å². The first-order valence-electron chi connectivity index (χ1n) is 8.55. The lowest BCUT2D eigenvalue weighted by molar-refractivity contribution is -0.111. The van der Waals surface area contributed by atoms with Crippen LogP contribution in [0, 0.1) is 29.6 Å². The molecular weight excluding hydrogens is 232 g/mol. The van der Waals surface area contributed by atoms with Crippen molar-refractivity contribution in [3.8, 4) is 0 Å². The number of allylic oxidation sites excluding steroid dienone is 2. The summed E-state index contributed by atoms with van der Waals surface area (Å²) in [4.78, 5) is 0. The molecule has 1 saturated heterocycles. The molecular formula is C18H30O. The van der Waals surface area contributed by atoms with Gasteiger partial charge < -0.3 is 4.74 Å². The van der Waals surface area contributed by atoms with Gasteiger partial charge in [0, 0.05) is 0 Å². The van der Waals surface area contributed by atoms with Crippen molar-refractivity contribution in [1.82, 2.24) is 0 Å². The van der Waals surface area contributed by atoms with Gasteiger partial charge in [0.05, 0.1) is 12.7 Å². The molecule has 0 bridgehead atoms. The lowest BCUT2D eigenvalue weighted by Crippen LogP contribution is -2.47. The summed E-state index contributed by atoms with van der Waals surface area (Å²) in [5.41, 5.74) is 1.79. The Labute approximate surface area is 118 Å². The quantitative estimate of drug-likeness (QED) is 0.648. The largest absolute Gasteiger partial charge is 0.378 e. The summed E-state index contributed by atoms with van der Waals surface area (Å²) >= 11 is 0. The van der Waals surface area contributed by atoms with Crippen molar-refractivity contribution in [1.29, 1.82) is 0 Å². The molecule has 19 heavy (non-hydrogen) atoms. The van der Waals surface area contributed by atoms with Gasteiger partial charge in [-0.15, -0.1) is 0 Å². The molecule has 1 nitrogen and oxygen atoms in total. The van der Waals surface area contributed by atoms with Gasteiger partial charge in [0.2, 0.25) is 0 Å². The molecule has 2 aliphatic carbocycles. The Morgan fingerprint density at radius 3 is 2.74 bits per heavy atom. The number of rotatable bonds is 2. The third-order valence-corrected chi connectivity index (χ3v) is 6.15. The normalized spacial score (nSPS) is 46.2. The predicted molar refractivity (Wildman–Crippen MR) is 80.0 cm³/mol. The van der Waals surface area contributed by atoms with E-state index in [2.05, 4.69) is 26.8 Å². The molecule has 3 rings (SSSR count). The summed E-state index contributed by atoms with van der Waals surface area (Å²) in [7, 11) is 0. The van der Waals surface area contributed by atoms with Crippen molar-refractivity contribution in [2.45, 2.75) is 65.4 Å². The summed E-state index contributed by atoms with van der Waals surface area (Å²) in [5, 5.41) is 0. The van der Waals surface area contributed by atoms with Gasteiger partial charge in [-0.1, -0.05) is 38.8 Å². The number of fused-ring (bicyclic) bond motifs is 3. The summed E-state index contributed by atoms with van der Waals surface area (Å²) in [6.45, 7) is 8.11. The maximum absolute atomic E-state index is 6.25. The molecule has 0 amide bonds. The molecule has 1 saturated carbocycles. The van der Waals surface area contributed by atoms with Gasteiger partial charge >= 0.3 is 0 Å². The van der Waals surface area contributed by atoms with E-state index in [0.717, 1.165) is 36.2 Å². The van der Waals surface area contributed by atoms with E-state index in [4.69, 9.17) is 4.74 Å². The Bertz CT molecular complexity index is 346. The van der Waals surface area contributed by atoms with Gasteiger partial charge in [0.1, 0.15) is 0 Å². The van der Waals surface area contributed by atoms with E-state index in [1.54, 1.807) is 5.57 Å². The minimum atomic E-state index is 0.531. The summed E-state index contributed by atoms with van der Waals surface area (Å²) in [6, 6.07) is 0. The summed E-state index contributed by atoms with van der Waals surface area (Å²) in [6.07, 6.45) is 11.2. The third-order valence-electron chi connectivity index (χ3n) is 6.15. The highest BCUT2D eigenvalue weighted by Gasteiger charge is 2.45. The van der Waals surface area contributed by atoms with Crippen LogP contribution >= 0.6 is 0 Å². The van der Waals surface area contributed by atoms with Crippen LogP contribution in [0.5, 0.6) is 0 Å². The van der Waals surface area contributed by atoms with Gasteiger partial charge in [-0.2, -0.15) is 0 Å². The monoisotopic (exact) mass is 262 g/mol. The second kappa shape index (κ2) is 5.60.